The van der Waals surface area contributed by atoms with E-state index in [0.717, 1.165) is 0 Å². The third-order valence-electron chi connectivity index (χ3n) is 4.78. The third kappa shape index (κ3) is 2.35. The zero-order valence-corrected chi connectivity index (χ0v) is 14.4. The molecule has 0 aliphatic carbocycles. The number of rotatable bonds is 3. The summed E-state index contributed by atoms with van der Waals surface area (Å²) in [5, 5.41) is 9.19. The van der Waals surface area contributed by atoms with Crippen LogP contribution < -0.4 is 5.69 Å². The maximum Gasteiger partial charge on any atom is 0.328 e. The van der Waals surface area contributed by atoms with E-state index in [1.165, 1.54) is 25.6 Å². The minimum absolute atomic E-state index is 0.0371. The van der Waals surface area contributed by atoms with Crippen LogP contribution in [0.3, 0.4) is 0 Å². The molecule has 8 nitrogen and oxygen atoms in total. The highest BCUT2D eigenvalue weighted by Gasteiger charge is 2.40. The first-order chi connectivity index (χ1) is 11.1. The second-order valence-electron chi connectivity index (χ2n) is 6.30. The van der Waals surface area contributed by atoms with E-state index in [-0.39, 0.29) is 29.6 Å². The SMILES string of the molecule is C[C@@H]1CN(S(=O)(=O)c2ccc3c(c2)n(C)c(=O)n3C)C[C@H]1C(=O)O. The summed E-state index contributed by atoms with van der Waals surface area (Å²) in [6, 6.07) is 4.51. The highest BCUT2D eigenvalue weighted by Crippen LogP contribution is 2.29. The Kier molecular flexibility index (Phi) is 3.80. The number of carboxylic acid groups (broad SMARTS) is 1. The van der Waals surface area contributed by atoms with Crippen LogP contribution in [-0.4, -0.2) is 46.0 Å². The molecule has 2 aromatic rings. The molecule has 1 N–H and O–H groups in total. The van der Waals surface area contributed by atoms with E-state index in [1.54, 1.807) is 27.1 Å². The van der Waals surface area contributed by atoms with E-state index in [4.69, 9.17) is 0 Å². The Balaban J connectivity index is 2.05. The molecule has 0 spiro atoms. The van der Waals surface area contributed by atoms with Crippen molar-refractivity contribution in [1.82, 2.24) is 13.4 Å². The molecular formula is C15H19N3O5S. The molecule has 1 aromatic heterocycles. The van der Waals surface area contributed by atoms with Gasteiger partial charge in [0.05, 0.1) is 21.8 Å². The molecule has 2 heterocycles. The fraction of sp³-hybridized carbons (Fsp3) is 0.467. The Morgan fingerprint density at radius 1 is 1.17 bits per heavy atom. The van der Waals surface area contributed by atoms with E-state index < -0.39 is 21.9 Å². The van der Waals surface area contributed by atoms with Crippen LogP contribution in [0.4, 0.5) is 0 Å². The number of sulfonamides is 1. The number of carbonyl (C=O) groups is 1. The zero-order valence-electron chi connectivity index (χ0n) is 13.6. The number of fused-ring (bicyclic) bond motifs is 1. The second-order valence-corrected chi connectivity index (χ2v) is 8.23. The highest BCUT2D eigenvalue weighted by atomic mass is 32.2. The first-order valence-corrected chi connectivity index (χ1v) is 8.97. The zero-order chi connectivity index (χ0) is 17.8. The molecule has 0 saturated carbocycles. The first-order valence-electron chi connectivity index (χ1n) is 7.53. The van der Waals surface area contributed by atoms with Gasteiger partial charge in [0, 0.05) is 27.2 Å². The van der Waals surface area contributed by atoms with Gasteiger partial charge in [-0.15, -0.1) is 0 Å². The normalized spacial score (nSPS) is 22.3. The van der Waals surface area contributed by atoms with Gasteiger partial charge in [0.2, 0.25) is 10.0 Å². The molecule has 1 saturated heterocycles. The van der Waals surface area contributed by atoms with Crippen LogP contribution in [0.5, 0.6) is 0 Å². The van der Waals surface area contributed by atoms with Gasteiger partial charge in [0.1, 0.15) is 0 Å². The molecule has 24 heavy (non-hydrogen) atoms. The van der Waals surface area contributed by atoms with Crippen molar-refractivity contribution in [2.24, 2.45) is 25.9 Å². The highest BCUT2D eigenvalue weighted by molar-refractivity contribution is 7.89. The van der Waals surface area contributed by atoms with Gasteiger partial charge in [0.25, 0.3) is 0 Å². The minimum Gasteiger partial charge on any atom is -0.481 e. The van der Waals surface area contributed by atoms with Gasteiger partial charge < -0.3 is 5.11 Å². The number of aromatic nitrogens is 2. The van der Waals surface area contributed by atoms with Gasteiger partial charge in [-0.3, -0.25) is 13.9 Å². The van der Waals surface area contributed by atoms with Crippen molar-refractivity contribution in [3.05, 3.63) is 28.7 Å². The Morgan fingerprint density at radius 3 is 2.38 bits per heavy atom. The minimum atomic E-state index is -3.80. The molecule has 1 aliphatic rings. The van der Waals surface area contributed by atoms with Crippen LogP contribution in [-0.2, 0) is 28.9 Å². The number of hydrogen-bond donors (Lipinski definition) is 1. The number of imidazole rings is 1. The van der Waals surface area contributed by atoms with Gasteiger partial charge in [-0.05, 0) is 24.1 Å². The summed E-state index contributed by atoms with van der Waals surface area (Å²) in [6.07, 6.45) is 0. The van der Waals surface area contributed by atoms with Crippen molar-refractivity contribution >= 4 is 27.0 Å². The monoisotopic (exact) mass is 353 g/mol. The number of nitrogens with zero attached hydrogens (tertiary/aromatic N) is 3. The van der Waals surface area contributed by atoms with Crippen LogP contribution in [0.2, 0.25) is 0 Å². The molecule has 0 amide bonds. The number of carboxylic acids is 1. The smallest absolute Gasteiger partial charge is 0.328 e. The molecule has 0 unspecified atom stereocenters. The Labute approximate surface area is 139 Å². The molecule has 3 rings (SSSR count). The molecule has 1 aliphatic heterocycles. The summed E-state index contributed by atoms with van der Waals surface area (Å²) in [4.78, 5) is 23.2. The van der Waals surface area contributed by atoms with E-state index in [9.17, 15) is 23.1 Å². The summed E-state index contributed by atoms with van der Waals surface area (Å²) in [6.45, 7) is 1.87. The molecule has 130 valence electrons. The fourth-order valence-electron chi connectivity index (χ4n) is 3.24. The third-order valence-corrected chi connectivity index (χ3v) is 6.60. The van der Waals surface area contributed by atoms with Crippen molar-refractivity contribution in [2.45, 2.75) is 11.8 Å². The van der Waals surface area contributed by atoms with Crippen molar-refractivity contribution in [1.29, 1.82) is 0 Å². The van der Waals surface area contributed by atoms with E-state index in [0.29, 0.717) is 11.0 Å². The van der Waals surface area contributed by atoms with Crippen molar-refractivity contribution in [3.63, 3.8) is 0 Å². The average molecular weight is 353 g/mol. The lowest BCUT2D eigenvalue weighted by Crippen LogP contribution is -2.30. The van der Waals surface area contributed by atoms with Gasteiger partial charge in [-0.1, -0.05) is 6.92 Å². The molecule has 1 aromatic carbocycles. The standard InChI is InChI=1S/C15H19N3O5S/c1-9-7-18(8-11(9)14(19)20)24(22,23)10-4-5-12-13(6-10)17(3)15(21)16(12)2/h4-6,9,11H,7-8H2,1-3H3,(H,19,20)/t9-,11-/m1/s1. The molecular weight excluding hydrogens is 334 g/mol. The van der Waals surface area contributed by atoms with Gasteiger partial charge in [-0.25, -0.2) is 13.2 Å². The number of aryl methyl sites for hydroxylation is 2. The lowest BCUT2D eigenvalue weighted by molar-refractivity contribution is -0.142. The Bertz CT molecular complexity index is 988. The van der Waals surface area contributed by atoms with Gasteiger partial charge in [-0.2, -0.15) is 4.31 Å². The second kappa shape index (κ2) is 5.45. The molecule has 0 bridgehead atoms. The van der Waals surface area contributed by atoms with Crippen molar-refractivity contribution < 1.29 is 18.3 Å². The van der Waals surface area contributed by atoms with Gasteiger partial charge >= 0.3 is 11.7 Å². The van der Waals surface area contributed by atoms with Crippen molar-refractivity contribution in [3.8, 4) is 0 Å². The predicted molar refractivity (Wildman–Crippen MR) is 87.2 cm³/mol. The molecule has 2 atom stereocenters. The lowest BCUT2D eigenvalue weighted by atomic mass is 9.99. The maximum absolute atomic E-state index is 12.8. The summed E-state index contributed by atoms with van der Waals surface area (Å²) in [5.41, 5.74) is 0.922. The average Bonchev–Trinajstić information content (AvgIpc) is 3.03. The van der Waals surface area contributed by atoms with Crippen LogP contribution in [0, 0.1) is 11.8 Å². The number of benzene rings is 1. The summed E-state index contributed by atoms with van der Waals surface area (Å²) in [5.74, 6) is -1.94. The Morgan fingerprint density at radius 2 is 1.79 bits per heavy atom. The summed E-state index contributed by atoms with van der Waals surface area (Å²) >= 11 is 0. The van der Waals surface area contributed by atoms with E-state index in [2.05, 4.69) is 0 Å². The van der Waals surface area contributed by atoms with E-state index >= 15 is 0 Å². The van der Waals surface area contributed by atoms with Crippen LogP contribution in [0.15, 0.2) is 27.9 Å². The Hall–Kier alpha value is -2.13. The van der Waals surface area contributed by atoms with Crippen molar-refractivity contribution in [2.75, 3.05) is 13.1 Å². The first kappa shape index (κ1) is 16.7. The van der Waals surface area contributed by atoms with Gasteiger partial charge in [0.15, 0.2) is 0 Å². The molecule has 1 fully saturated rings. The molecule has 9 heteroatoms. The number of aliphatic carboxylic acids is 1. The quantitative estimate of drug-likeness (QED) is 0.850. The van der Waals surface area contributed by atoms with Crippen LogP contribution in [0.25, 0.3) is 11.0 Å². The topological polar surface area (TPSA) is 102 Å². The van der Waals surface area contributed by atoms with Crippen LogP contribution in [0.1, 0.15) is 6.92 Å². The summed E-state index contributed by atoms with van der Waals surface area (Å²) < 4.78 is 29.7. The number of hydrogen-bond acceptors (Lipinski definition) is 4. The fourth-order valence-corrected chi connectivity index (χ4v) is 4.82. The molecule has 0 radical (unpaired) electrons. The van der Waals surface area contributed by atoms with E-state index in [1.807, 2.05) is 0 Å². The van der Waals surface area contributed by atoms with Crippen LogP contribution >= 0.6 is 0 Å². The predicted octanol–water partition coefficient (Wildman–Crippen LogP) is 0.218. The lowest BCUT2D eigenvalue weighted by Gasteiger charge is -2.16. The maximum atomic E-state index is 12.8. The largest absolute Gasteiger partial charge is 0.481 e. The summed E-state index contributed by atoms with van der Waals surface area (Å²) in [7, 11) is -0.598.